The molecule has 2 fully saturated rings. The van der Waals surface area contributed by atoms with Gasteiger partial charge >= 0.3 is 6.09 Å². The van der Waals surface area contributed by atoms with Crippen molar-refractivity contribution >= 4 is 41.1 Å². The van der Waals surface area contributed by atoms with E-state index < -0.39 is 23.8 Å². The molecule has 0 aromatic heterocycles. The van der Waals surface area contributed by atoms with Crippen LogP contribution < -0.4 is 20.9 Å². The fourth-order valence-corrected chi connectivity index (χ4v) is 9.79. The molecule has 3 N–H and O–H groups in total. The maximum Gasteiger partial charge on any atom is 0.407 e. The molecular formula is C53H64F2N6O6. The number of carbonyl (C=O) groups excluding carboxylic acids is 5. The molecule has 4 aliphatic heterocycles. The highest BCUT2D eigenvalue weighted by atomic mass is 19.1. The molecule has 2 saturated heterocycles. The van der Waals surface area contributed by atoms with Gasteiger partial charge in [-0.05, 0) is 119 Å². The topological polar surface area (TPSA) is 146 Å². The SMILES string of the molecule is CC(C)(C)OC(=O)N[C@@H](CC(=O)N1CCCC1CN1C(=O)CCc2ccccc21)Cc1ccccc1F.N[C@@H](CC(=O)N1CCCC1CN1C(=O)CCc2ccccc21)Cc1ccccc1F. The quantitative estimate of drug-likeness (QED) is 0.140. The van der Waals surface area contributed by atoms with Crippen molar-refractivity contribution in [3.63, 3.8) is 0 Å². The molecule has 4 heterocycles. The van der Waals surface area contributed by atoms with Crippen LogP contribution in [0.3, 0.4) is 0 Å². The minimum Gasteiger partial charge on any atom is -0.444 e. The number of halogens is 2. The molecule has 8 rings (SSSR count). The number of likely N-dealkylation sites (tertiary alicyclic amines) is 2. The first-order chi connectivity index (χ1) is 32.1. The third kappa shape index (κ3) is 12.8. The Hall–Kier alpha value is -6.15. The van der Waals surface area contributed by atoms with E-state index in [1.165, 1.54) is 17.7 Å². The summed E-state index contributed by atoms with van der Waals surface area (Å²) in [4.78, 5) is 71.7. The first-order valence-electron chi connectivity index (χ1n) is 23.7. The van der Waals surface area contributed by atoms with E-state index in [4.69, 9.17) is 10.5 Å². The van der Waals surface area contributed by atoms with Gasteiger partial charge in [-0.1, -0.05) is 72.8 Å². The van der Waals surface area contributed by atoms with Gasteiger partial charge in [0.05, 0.1) is 0 Å². The number of nitrogens with one attached hydrogen (secondary N) is 1. The van der Waals surface area contributed by atoms with Crippen LogP contribution in [0.15, 0.2) is 97.1 Å². The van der Waals surface area contributed by atoms with Crippen molar-refractivity contribution in [3.05, 3.63) is 131 Å². The molecule has 4 atom stereocenters. The Labute approximate surface area is 392 Å². The molecule has 0 saturated carbocycles. The minimum absolute atomic E-state index is 0.00623. The molecule has 0 radical (unpaired) electrons. The normalized spacial score (nSPS) is 19.0. The second-order valence-electron chi connectivity index (χ2n) is 19.1. The third-order valence-corrected chi connectivity index (χ3v) is 13.0. The Bertz CT molecular complexity index is 2410. The standard InChI is InChI=1S/C29H36FN3O4.C24H28FN3O2/c1-29(2,3)37-28(36)31-22(17-21-10-4-6-12-24(21)30)18-27(35)32-16-8-11-23(32)19-33-25-13-7-5-9-20(25)14-15-26(33)34;25-21-9-3-1-7-18(21)14-19(26)15-24(30)27-13-5-8-20(27)16-28-22-10-4-2-6-17(22)11-12-23(28)29/h4-7,9-10,12-13,22-23H,8,11,14-19H2,1-3H3,(H,31,36);1-4,6-7,9-10,19-20H,5,8,11-16,26H2/t22-,23?;19-,20?/m11/s1. The summed E-state index contributed by atoms with van der Waals surface area (Å²) in [6, 6.07) is 27.6. The highest BCUT2D eigenvalue weighted by Gasteiger charge is 2.36. The van der Waals surface area contributed by atoms with E-state index >= 15 is 0 Å². The fraction of sp³-hybridized carbons (Fsp3) is 0.453. The number of para-hydroxylation sites is 2. The van der Waals surface area contributed by atoms with Crippen LogP contribution in [0.4, 0.5) is 25.0 Å². The minimum atomic E-state index is -0.700. The molecule has 0 spiro atoms. The highest BCUT2D eigenvalue weighted by molar-refractivity contribution is 5.97. The third-order valence-electron chi connectivity index (χ3n) is 13.0. The molecule has 14 heteroatoms. The number of carbonyl (C=O) groups is 5. The number of amides is 5. The number of hydrogen-bond donors (Lipinski definition) is 2. The number of anilines is 2. The average Bonchev–Trinajstić information content (AvgIpc) is 3.97. The lowest BCUT2D eigenvalue weighted by Gasteiger charge is -2.35. The van der Waals surface area contributed by atoms with Gasteiger partial charge < -0.3 is 35.4 Å². The molecule has 0 bridgehead atoms. The summed E-state index contributed by atoms with van der Waals surface area (Å²) in [6.45, 7) is 7.52. The van der Waals surface area contributed by atoms with Crippen molar-refractivity contribution in [3.8, 4) is 0 Å². The lowest BCUT2D eigenvalue weighted by Crippen LogP contribution is -2.49. The van der Waals surface area contributed by atoms with Gasteiger partial charge in [0, 0.05) is 87.4 Å². The smallest absolute Gasteiger partial charge is 0.407 e. The molecule has 4 aromatic rings. The zero-order valence-electron chi connectivity index (χ0n) is 38.9. The summed E-state index contributed by atoms with van der Waals surface area (Å²) < 4.78 is 33.7. The van der Waals surface area contributed by atoms with Crippen molar-refractivity contribution in [1.82, 2.24) is 15.1 Å². The van der Waals surface area contributed by atoms with Gasteiger partial charge in [0.2, 0.25) is 23.6 Å². The van der Waals surface area contributed by atoms with Crippen LogP contribution in [0, 0.1) is 11.6 Å². The van der Waals surface area contributed by atoms with Crippen LogP contribution in [0.25, 0.3) is 0 Å². The van der Waals surface area contributed by atoms with Gasteiger partial charge in [-0.3, -0.25) is 19.2 Å². The second-order valence-corrected chi connectivity index (χ2v) is 19.1. The largest absolute Gasteiger partial charge is 0.444 e. The van der Waals surface area contributed by atoms with Gasteiger partial charge in [-0.25, -0.2) is 13.6 Å². The van der Waals surface area contributed by atoms with Crippen molar-refractivity contribution in [2.24, 2.45) is 5.73 Å². The van der Waals surface area contributed by atoms with Crippen molar-refractivity contribution in [2.75, 3.05) is 36.0 Å². The molecule has 5 amide bonds. The van der Waals surface area contributed by atoms with Gasteiger partial charge in [0.1, 0.15) is 17.2 Å². The number of nitrogens with two attached hydrogens (primary N) is 1. The molecule has 356 valence electrons. The van der Waals surface area contributed by atoms with Crippen LogP contribution in [0.1, 0.15) is 94.4 Å². The van der Waals surface area contributed by atoms with Crippen molar-refractivity contribution in [2.45, 2.75) is 128 Å². The zero-order chi connectivity index (χ0) is 47.7. The predicted molar refractivity (Wildman–Crippen MR) is 254 cm³/mol. The Morgan fingerprint density at radius 2 is 1.10 bits per heavy atom. The van der Waals surface area contributed by atoms with E-state index in [9.17, 15) is 32.8 Å². The van der Waals surface area contributed by atoms with Crippen LogP contribution >= 0.6 is 0 Å². The Morgan fingerprint density at radius 1 is 0.657 bits per heavy atom. The first-order valence-corrected chi connectivity index (χ1v) is 23.7. The van der Waals surface area contributed by atoms with E-state index in [2.05, 4.69) is 11.4 Å². The van der Waals surface area contributed by atoms with E-state index in [1.54, 1.807) is 57.2 Å². The van der Waals surface area contributed by atoms with Gasteiger partial charge in [0.15, 0.2) is 0 Å². The van der Waals surface area contributed by atoms with Crippen LogP contribution in [-0.2, 0) is 49.6 Å². The zero-order valence-corrected chi connectivity index (χ0v) is 38.9. The lowest BCUT2D eigenvalue weighted by molar-refractivity contribution is -0.133. The number of rotatable bonds is 13. The summed E-state index contributed by atoms with van der Waals surface area (Å²) in [6.07, 6.45) is 5.93. The summed E-state index contributed by atoms with van der Waals surface area (Å²) in [7, 11) is 0. The first kappa shape index (κ1) is 48.8. The number of fused-ring (bicyclic) bond motifs is 2. The van der Waals surface area contributed by atoms with Gasteiger partial charge in [0.25, 0.3) is 0 Å². The van der Waals surface area contributed by atoms with E-state index in [0.717, 1.165) is 55.5 Å². The summed E-state index contributed by atoms with van der Waals surface area (Å²) in [5.41, 5.74) is 10.6. The maximum atomic E-state index is 14.4. The molecule has 67 heavy (non-hydrogen) atoms. The van der Waals surface area contributed by atoms with Crippen molar-refractivity contribution < 1.29 is 37.5 Å². The summed E-state index contributed by atoms with van der Waals surface area (Å²) >= 11 is 0. The number of benzene rings is 4. The van der Waals surface area contributed by atoms with Gasteiger partial charge in [-0.15, -0.1) is 0 Å². The van der Waals surface area contributed by atoms with Crippen molar-refractivity contribution in [1.29, 1.82) is 0 Å². The Balaban J connectivity index is 0.000000203. The lowest BCUT2D eigenvalue weighted by atomic mass is 10.00. The van der Waals surface area contributed by atoms with Crippen LogP contribution in [-0.4, -0.2) is 95.5 Å². The second kappa shape index (κ2) is 22.1. The summed E-state index contributed by atoms with van der Waals surface area (Å²) in [5.74, 6) is -0.628. The molecule has 4 aliphatic rings. The van der Waals surface area contributed by atoms with E-state index in [-0.39, 0.29) is 66.6 Å². The monoisotopic (exact) mass is 918 g/mol. The van der Waals surface area contributed by atoms with Crippen LogP contribution in [0.5, 0.6) is 0 Å². The number of hydrogen-bond acceptors (Lipinski definition) is 7. The molecule has 12 nitrogen and oxygen atoms in total. The van der Waals surface area contributed by atoms with Crippen LogP contribution in [0.2, 0.25) is 0 Å². The number of ether oxygens (including phenoxy) is 1. The maximum absolute atomic E-state index is 14.4. The molecular weight excluding hydrogens is 855 g/mol. The Morgan fingerprint density at radius 3 is 1.60 bits per heavy atom. The van der Waals surface area contributed by atoms with E-state index in [1.807, 2.05) is 62.1 Å². The fourth-order valence-electron chi connectivity index (χ4n) is 9.79. The Kier molecular flexibility index (Phi) is 16.1. The molecule has 2 unspecified atom stereocenters. The predicted octanol–water partition coefficient (Wildman–Crippen LogP) is 7.68. The molecule has 0 aliphatic carbocycles. The number of alkyl carbamates (subject to hydrolysis) is 1. The number of nitrogens with zero attached hydrogens (tertiary/aromatic N) is 4. The highest BCUT2D eigenvalue weighted by Crippen LogP contribution is 2.32. The summed E-state index contributed by atoms with van der Waals surface area (Å²) in [5, 5.41) is 2.78. The molecule has 4 aromatic carbocycles. The van der Waals surface area contributed by atoms with E-state index in [0.29, 0.717) is 56.6 Å². The van der Waals surface area contributed by atoms with Gasteiger partial charge in [-0.2, -0.15) is 0 Å². The number of aryl methyl sites for hydroxylation is 2. The average molecular weight is 919 g/mol.